The van der Waals surface area contributed by atoms with E-state index in [1.54, 1.807) is 42.7 Å². The molecule has 0 aliphatic carbocycles. The minimum absolute atomic E-state index is 0.265. The Labute approximate surface area is 161 Å². The molecule has 2 amide bonds. The molecule has 0 saturated heterocycles. The zero-order chi connectivity index (χ0) is 18.4. The first kappa shape index (κ1) is 18.2. The van der Waals surface area contributed by atoms with Crippen LogP contribution in [-0.2, 0) is 6.42 Å². The Kier molecular flexibility index (Phi) is 6.09. The molecular weight excluding hydrogens is 370 g/mol. The highest BCUT2D eigenvalue weighted by molar-refractivity contribution is 7.09. The lowest BCUT2D eigenvalue weighted by Gasteiger charge is -2.07. The van der Waals surface area contributed by atoms with Crippen LogP contribution in [0, 0.1) is 0 Å². The lowest BCUT2D eigenvalue weighted by atomic mass is 10.2. The highest BCUT2D eigenvalue weighted by atomic mass is 35.5. The fourth-order valence-electron chi connectivity index (χ4n) is 2.34. The summed E-state index contributed by atoms with van der Waals surface area (Å²) in [7, 11) is 1.64. The second-order valence-corrected chi connectivity index (χ2v) is 6.88. The summed E-state index contributed by atoms with van der Waals surface area (Å²) in [6, 6.07) is 14.5. The SMILES string of the molecule is COc1ccc(-c2csc(CCNC(=O)Nc3cccc(Cl)c3)n2)cc1. The zero-order valence-corrected chi connectivity index (χ0v) is 15.7. The fraction of sp³-hybridized carbons (Fsp3) is 0.158. The molecule has 0 aliphatic heterocycles. The lowest BCUT2D eigenvalue weighted by Crippen LogP contribution is -2.30. The molecule has 0 radical (unpaired) electrons. The summed E-state index contributed by atoms with van der Waals surface area (Å²) in [5, 5.41) is 9.14. The average Bonchev–Trinajstić information content (AvgIpc) is 3.11. The van der Waals surface area contributed by atoms with Crippen molar-refractivity contribution in [3.05, 3.63) is 63.9 Å². The summed E-state index contributed by atoms with van der Waals surface area (Å²) in [4.78, 5) is 16.5. The van der Waals surface area contributed by atoms with E-state index in [1.807, 2.05) is 29.6 Å². The van der Waals surface area contributed by atoms with Gasteiger partial charge in [-0.2, -0.15) is 0 Å². The number of benzene rings is 2. The number of aromatic nitrogens is 1. The summed E-state index contributed by atoms with van der Waals surface area (Å²) in [6.07, 6.45) is 0.670. The van der Waals surface area contributed by atoms with E-state index in [0.29, 0.717) is 23.7 Å². The summed E-state index contributed by atoms with van der Waals surface area (Å²) in [5.41, 5.74) is 2.63. The molecule has 0 unspecified atom stereocenters. The summed E-state index contributed by atoms with van der Waals surface area (Å²) in [5.74, 6) is 0.819. The molecule has 0 bridgehead atoms. The Bertz CT molecular complexity index is 881. The topological polar surface area (TPSA) is 63.2 Å². The van der Waals surface area contributed by atoms with Gasteiger partial charge in [0, 0.05) is 34.6 Å². The molecule has 2 N–H and O–H groups in total. The van der Waals surface area contributed by atoms with E-state index in [9.17, 15) is 4.79 Å². The van der Waals surface area contributed by atoms with Crippen molar-refractivity contribution >= 4 is 34.7 Å². The number of nitrogens with zero attached hydrogens (tertiary/aromatic N) is 1. The van der Waals surface area contributed by atoms with Gasteiger partial charge in [-0.3, -0.25) is 0 Å². The highest BCUT2D eigenvalue weighted by Crippen LogP contribution is 2.24. The van der Waals surface area contributed by atoms with Crippen LogP contribution in [0.15, 0.2) is 53.9 Å². The van der Waals surface area contributed by atoms with E-state index < -0.39 is 0 Å². The number of halogens is 1. The smallest absolute Gasteiger partial charge is 0.319 e. The number of thiazole rings is 1. The molecule has 5 nitrogen and oxygen atoms in total. The second-order valence-electron chi connectivity index (χ2n) is 5.50. The maximum atomic E-state index is 11.9. The predicted octanol–water partition coefficient (Wildman–Crippen LogP) is 4.84. The zero-order valence-electron chi connectivity index (χ0n) is 14.2. The Morgan fingerprint density at radius 1 is 1.23 bits per heavy atom. The van der Waals surface area contributed by atoms with Gasteiger partial charge in [-0.1, -0.05) is 17.7 Å². The second kappa shape index (κ2) is 8.69. The van der Waals surface area contributed by atoms with E-state index in [4.69, 9.17) is 16.3 Å². The van der Waals surface area contributed by atoms with Crippen molar-refractivity contribution in [1.82, 2.24) is 10.3 Å². The van der Waals surface area contributed by atoms with E-state index in [-0.39, 0.29) is 6.03 Å². The van der Waals surface area contributed by atoms with Gasteiger partial charge in [0.1, 0.15) is 5.75 Å². The van der Waals surface area contributed by atoms with Gasteiger partial charge < -0.3 is 15.4 Å². The van der Waals surface area contributed by atoms with Crippen molar-refractivity contribution < 1.29 is 9.53 Å². The number of nitrogens with one attached hydrogen (secondary N) is 2. The van der Waals surface area contributed by atoms with Crippen LogP contribution in [0.2, 0.25) is 5.02 Å². The van der Waals surface area contributed by atoms with E-state index in [2.05, 4.69) is 15.6 Å². The Morgan fingerprint density at radius 2 is 2.04 bits per heavy atom. The number of carbonyl (C=O) groups excluding carboxylic acids is 1. The number of hydrogen-bond donors (Lipinski definition) is 2. The van der Waals surface area contributed by atoms with Crippen LogP contribution in [0.1, 0.15) is 5.01 Å². The maximum Gasteiger partial charge on any atom is 0.319 e. The molecule has 26 heavy (non-hydrogen) atoms. The van der Waals surface area contributed by atoms with Crippen LogP contribution in [-0.4, -0.2) is 24.7 Å². The molecule has 0 spiro atoms. The molecule has 0 fully saturated rings. The van der Waals surface area contributed by atoms with Crippen LogP contribution < -0.4 is 15.4 Å². The Balaban J connectivity index is 1.49. The van der Waals surface area contributed by atoms with Gasteiger partial charge in [0.2, 0.25) is 0 Å². The Hall–Kier alpha value is -2.57. The largest absolute Gasteiger partial charge is 0.497 e. The number of methoxy groups -OCH3 is 1. The van der Waals surface area contributed by atoms with Crippen molar-refractivity contribution in [2.45, 2.75) is 6.42 Å². The van der Waals surface area contributed by atoms with Crippen LogP contribution in [0.3, 0.4) is 0 Å². The third-order valence-corrected chi connectivity index (χ3v) is 4.79. The van der Waals surface area contributed by atoms with Crippen molar-refractivity contribution in [2.24, 2.45) is 0 Å². The predicted molar refractivity (Wildman–Crippen MR) is 106 cm³/mol. The fourth-order valence-corrected chi connectivity index (χ4v) is 3.34. The average molecular weight is 388 g/mol. The minimum Gasteiger partial charge on any atom is -0.497 e. The molecule has 1 heterocycles. The lowest BCUT2D eigenvalue weighted by molar-refractivity contribution is 0.252. The van der Waals surface area contributed by atoms with E-state index in [0.717, 1.165) is 22.0 Å². The molecule has 7 heteroatoms. The van der Waals surface area contributed by atoms with E-state index >= 15 is 0 Å². The number of carbonyl (C=O) groups is 1. The van der Waals surface area contributed by atoms with Gasteiger partial charge in [0.25, 0.3) is 0 Å². The van der Waals surface area contributed by atoms with Crippen LogP contribution >= 0.6 is 22.9 Å². The molecule has 3 rings (SSSR count). The number of ether oxygens (including phenoxy) is 1. The van der Waals surface area contributed by atoms with Crippen molar-refractivity contribution in [3.63, 3.8) is 0 Å². The standard InChI is InChI=1S/C19H18ClN3O2S/c1-25-16-7-5-13(6-8-16)17-12-26-18(23-17)9-10-21-19(24)22-15-4-2-3-14(20)11-15/h2-8,11-12H,9-10H2,1H3,(H2,21,22,24). The van der Waals surface area contributed by atoms with Gasteiger partial charge in [-0.15, -0.1) is 11.3 Å². The van der Waals surface area contributed by atoms with Gasteiger partial charge in [0.05, 0.1) is 17.8 Å². The molecule has 0 aliphatic rings. The molecular formula is C19H18ClN3O2S. The van der Waals surface area contributed by atoms with Crippen LogP contribution in [0.5, 0.6) is 5.75 Å². The Morgan fingerprint density at radius 3 is 2.77 bits per heavy atom. The molecule has 0 saturated carbocycles. The number of anilines is 1. The molecule has 1 aromatic heterocycles. The summed E-state index contributed by atoms with van der Waals surface area (Å²) in [6.45, 7) is 0.502. The van der Waals surface area contributed by atoms with Gasteiger partial charge in [0.15, 0.2) is 0 Å². The van der Waals surface area contributed by atoms with Gasteiger partial charge in [-0.05, 0) is 42.5 Å². The minimum atomic E-state index is -0.265. The molecule has 0 atom stereocenters. The van der Waals surface area contributed by atoms with Gasteiger partial charge >= 0.3 is 6.03 Å². The number of hydrogen-bond acceptors (Lipinski definition) is 4. The van der Waals surface area contributed by atoms with Crippen molar-refractivity contribution in [1.29, 1.82) is 0 Å². The van der Waals surface area contributed by atoms with Crippen LogP contribution in [0.4, 0.5) is 10.5 Å². The number of urea groups is 1. The number of rotatable bonds is 6. The van der Waals surface area contributed by atoms with Crippen molar-refractivity contribution in [2.75, 3.05) is 19.0 Å². The van der Waals surface area contributed by atoms with Crippen LogP contribution in [0.25, 0.3) is 11.3 Å². The summed E-state index contributed by atoms with van der Waals surface area (Å²) < 4.78 is 5.16. The molecule has 3 aromatic rings. The summed E-state index contributed by atoms with van der Waals surface area (Å²) >= 11 is 7.48. The van der Waals surface area contributed by atoms with E-state index in [1.165, 1.54) is 0 Å². The van der Waals surface area contributed by atoms with Crippen molar-refractivity contribution in [3.8, 4) is 17.0 Å². The van der Waals surface area contributed by atoms with Gasteiger partial charge in [-0.25, -0.2) is 9.78 Å². The third-order valence-electron chi connectivity index (χ3n) is 3.64. The third kappa shape index (κ3) is 4.97. The number of amides is 2. The maximum absolute atomic E-state index is 11.9. The monoisotopic (exact) mass is 387 g/mol. The first-order valence-corrected chi connectivity index (χ1v) is 9.29. The molecule has 2 aromatic carbocycles. The quantitative estimate of drug-likeness (QED) is 0.636. The normalized spacial score (nSPS) is 10.4. The first-order valence-electron chi connectivity index (χ1n) is 8.03. The first-order chi connectivity index (χ1) is 12.6. The highest BCUT2D eigenvalue weighted by Gasteiger charge is 2.06. The molecule has 134 valence electrons.